The molecule has 0 aliphatic heterocycles. The van der Waals surface area contributed by atoms with Crippen molar-refractivity contribution in [3.63, 3.8) is 0 Å². The van der Waals surface area contributed by atoms with Gasteiger partial charge in [0.1, 0.15) is 0 Å². The van der Waals surface area contributed by atoms with Gasteiger partial charge in [-0.1, -0.05) is 11.6 Å². The van der Waals surface area contributed by atoms with Crippen molar-refractivity contribution in [2.75, 3.05) is 6.54 Å². The van der Waals surface area contributed by atoms with Crippen molar-refractivity contribution < 1.29 is 9.90 Å². The average molecular weight is 290 g/mol. The van der Waals surface area contributed by atoms with Crippen LogP contribution in [0, 0.1) is 0 Å². The van der Waals surface area contributed by atoms with Crippen LogP contribution in [0.2, 0.25) is 4.34 Å². The molecular formula is C13H20ClNO2S. The maximum Gasteiger partial charge on any atom is 0.230 e. The Morgan fingerprint density at radius 1 is 1.39 bits per heavy atom. The van der Waals surface area contributed by atoms with Gasteiger partial charge in [0, 0.05) is 17.5 Å². The molecule has 2 atom stereocenters. The van der Waals surface area contributed by atoms with E-state index in [4.69, 9.17) is 11.6 Å². The maximum absolute atomic E-state index is 12.4. The van der Waals surface area contributed by atoms with Crippen LogP contribution in [0.5, 0.6) is 0 Å². The van der Waals surface area contributed by atoms with E-state index in [0.717, 1.165) is 4.88 Å². The lowest BCUT2D eigenvalue weighted by Crippen LogP contribution is -2.43. The normalized spacial score (nSPS) is 14.6. The molecule has 0 spiro atoms. The van der Waals surface area contributed by atoms with E-state index in [1.54, 1.807) is 17.9 Å². The third-order valence-electron chi connectivity index (χ3n) is 2.76. The first-order valence-electron chi connectivity index (χ1n) is 6.06. The third-order valence-corrected chi connectivity index (χ3v) is 4.17. The third kappa shape index (κ3) is 3.97. The first kappa shape index (κ1) is 15.5. The standard InChI is InChI=1S/C13H20ClNO2S/c1-8(2)15(7-9(3)16)13(17)10(4)11-5-6-12(14)18-11/h5-6,8-10,16H,7H2,1-4H3. The van der Waals surface area contributed by atoms with Crippen LogP contribution in [-0.4, -0.2) is 34.6 Å². The molecule has 2 unspecified atom stereocenters. The highest BCUT2D eigenvalue weighted by atomic mass is 35.5. The van der Waals surface area contributed by atoms with Gasteiger partial charge in [-0.3, -0.25) is 4.79 Å². The van der Waals surface area contributed by atoms with Gasteiger partial charge >= 0.3 is 0 Å². The van der Waals surface area contributed by atoms with Gasteiger partial charge in [-0.2, -0.15) is 0 Å². The Hall–Kier alpha value is -0.580. The Morgan fingerprint density at radius 2 is 2.00 bits per heavy atom. The van der Waals surface area contributed by atoms with Crippen LogP contribution in [-0.2, 0) is 4.79 Å². The number of hydrogen-bond acceptors (Lipinski definition) is 3. The van der Waals surface area contributed by atoms with Crippen molar-refractivity contribution in [3.05, 3.63) is 21.3 Å². The van der Waals surface area contributed by atoms with E-state index < -0.39 is 6.10 Å². The molecule has 3 nitrogen and oxygen atoms in total. The van der Waals surface area contributed by atoms with E-state index in [9.17, 15) is 9.90 Å². The van der Waals surface area contributed by atoms with Crippen LogP contribution < -0.4 is 0 Å². The molecule has 0 fully saturated rings. The monoisotopic (exact) mass is 289 g/mol. The van der Waals surface area contributed by atoms with Gasteiger partial charge in [0.05, 0.1) is 16.4 Å². The zero-order chi connectivity index (χ0) is 13.9. The fourth-order valence-corrected chi connectivity index (χ4v) is 2.88. The smallest absolute Gasteiger partial charge is 0.230 e. The molecule has 1 heterocycles. The van der Waals surface area contributed by atoms with Crippen LogP contribution in [0.1, 0.15) is 38.5 Å². The fourth-order valence-electron chi connectivity index (χ4n) is 1.77. The van der Waals surface area contributed by atoms with Gasteiger partial charge < -0.3 is 10.0 Å². The molecule has 1 rings (SSSR count). The lowest BCUT2D eigenvalue weighted by atomic mass is 10.1. The van der Waals surface area contributed by atoms with Crippen molar-refractivity contribution >= 4 is 28.8 Å². The highest BCUT2D eigenvalue weighted by molar-refractivity contribution is 7.16. The minimum atomic E-state index is -0.518. The number of aliphatic hydroxyl groups excluding tert-OH is 1. The summed E-state index contributed by atoms with van der Waals surface area (Å²) in [5.41, 5.74) is 0. The van der Waals surface area contributed by atoms with Crippen LogP contribution in [0.4, 0.5) is 0 Å². The molecule has 0 aliphatic rings. The van der Waals surface area contributed by atoms with Crippen LogP contribution >= 0.6 is 22.9 Å². The molecule has 1 aromatic heterocycles. The van der Waals surface area contributed by atoms with Crippen molar-refractivity contribution in [3.8, 4) is 0 Å². The van der Waals surface area contributed by atoms with E-state index in [1.807, 2.05) is 26.8 Å². The minimum Gasteiger partial charge on any atom is -0.392 e. The molecule has 0 saturated carbocycles. The second-order valence-corrected chi connectivity index (χ2v) is 6.54. The summed E-state index contributed by atoms with van der Waals surface area (Å²) in [5.74, 6) is -0.187. The summed E-state index contributed by atoms with van der Waals surface area (Å²) in [7, 11) is 0. The number of amides is 1. The zero-order valence-corrected chi connectivity index (χ0v) is 12.8. The number of aliphatic hydroxyl groups is 1. The highest BCUT2D eigenvalue weighted by Gasteiger charge is 2.25. The molecule has 0 radical (unpaired) electrons. The Morgan fingerprint density at radius 3 is 2.39 bits per heavy atom. The summed E-state index contributed by atoms with van der Waals surface area (Å²) < 4.78 is 0.691. The Bertz CT molecular complexity index is 403. The molecule has 102 valence electrons. The summed E-state index contributed by atoms with van der Waals surface area (Å²) in [6, 6.07) is 3.76. The van der Waals surface area contributed by atoms with Gasteiger partial charge in [-0.05, 0) is 39.8 Å². The van der Waals surface area contributed by atoms with Gasteiger partial charge in [-0.15, -0.1) is 11.3 Å². The molecule has 18 heavy (non-hydrogen) atoms. The summed E-state index contributed by atoms with van der Waals surface area (Å²) >= 11 is 7.32. The summed E-state index contributed by atoms with van der Waals surface area (Å²) in [6.07, 6.45) is -0.518. The van der Waals surface area contributed by atoms with Crippen molar-refractivity contribution in [2.45, 2.75) is 45.8 Å². The van der Waals surface area contributed by atoms with E-state index in [0.29, 0.717) is 10.9 Å². The van der Waals surface area contributed by atoms with Gasteiger partial charge in [-0.25, -0.2) is 0 Å². The lowest BCUT2D eigenvalue weighted by Gasteiger charge is -2.30. The molecular weight excluding hydrogens is 270 g/mol. The summed E-state index contributed by atoms with van der Waals surface area (Å²) in [4.78, 5) is 15.1. The second-order valence-electron chi connectivity index (χ2n) is 4.80. The number of rotatable bonds is 5. The lowest BCUT2D eigenvalue weighted by molar-refractivity contribution is -0.135. The van der Waals surface area contributed by atoms with Crippen LogP contribution in [0.25, 0.3) is 0 Å². The quantitative estimate of drug-likeness (QED) is 0.905. The minimum absolute atomic E-state index is 0.0319. The molecule has 1 aromatic rings. The molecule has 0 bridgehead atoms. The summed E-state index contributed by atoms with van der Waals surface area (Å²) in [5, 5.41) is 9.46. The second kappa shape index (κ2) is 6.55. The number of carbonyl (C=O) groups excluding carboxylic acids is 1. The van der Waals surface area contributed by atoms with Gasteiger partial charge in [0.15, 0.2) is 0 Å². The van der Waals surface area contributed by atoms with Gasteiger partial charge in [0.2, 0.25) is 5.91 Å². The molecule has 0 saturated heterocycles. The van der Waals surface area contributed by atoms with Gasteiger partial charge in [0.25, 0.3) is 0 Å². The largest absolute Gasteiger partial charge is 0.392 e. The first-order valence-corrected chi connectivity index (χ1v) is 7.26. The number of hydrogen-bond donors (Lipinski definition) is 1. The topological polar surface area (TPSA) is 40.5 Å². The van der Waals surface area contributed by atoms with E-state index in [2.05, 4.69) is 0 Å². The van der Waals surface area contributed by atoms with Crippen molar-refractivity contribution in [1.29, 1.82) is 0 Å². The predicted octanol–water partition coefficient (Wildman–Crippen LogP) is 3.12. The number of thiophene rings is 1. The van der Waals surface area contributed by atoms with E-state index >= 15 is 0 Å². The Labute approximate surface area is 117 Å². The molecule has 1 N–H and O–H groups in total. The number of carbonyl (C=O) groups is 1. The van der Waals surface area contributed by atoms with E-state index in [-0.39, 0.29) is 17.9 Å². The van der Waals surface area contributed by atoms with Crippen LogP contribution in [0.3, 0.4) is 0 Å². The SMILES string of the molecule is CC(O)CN(C(=O)C(C)c1ccc(Cl)s1)C(C)C. The predicted molar refractivity (Wildman–Crippen MR) is 76.3 cm³/mol. The Kier molecular flexibility index (Phi) is 5.63. The maximum atomic E-state index is 12.4. The summed E-state index contributed by atoms with van der Waals surface area (Å²) in [6.45, 7) is 7.83. The van der Waals surface area contributed by atoms with Crippen molar-refractivity contribution in [1.82, 2.24) is 4.90 Å². The molecule has 5 heteroatoms. The Balaban J connectivity index is 2.82. The highest BCUT2D eigenvalue weighted by Crippen LogP contribution is 2.29. The van der Waals surface area contributed by atoms with Crippen molar-refractivity contribution in [2.24, 2.45) is 0 Å². The molecule has 0 aliphatic carbocycles. The molecule has 0 aromatic carbocycles. The fraction of sp³-hybridized carbons (Fsp3) is 0.615. The molecule has 1 amide bonds. The zero-order valence-electron chi connectivity index (χ0n) is 11.2. The number of halogens is 1. The number of nitrogens with zero attached hydrogens (tertiary/aromatic N) is 1. The average Bonchev–Trinajstić information content (AvgIpc) is 2.70. The first-order chi connectivity index (χ1) is 8.32. The van der Waals surface area contributed by atoms with E-state index in [1.165, 1.54) is 11.3 Å². The van der Waals surface area contributed by atoms with Crippen LogP contribution in [0.15, 0.2) is 12.1 Å².